The van der Waals surface area contributed by atoms with Gasteiger partial charge < -0.3 is 9.47 Å². The van der Waals surface area contributed by atoms with Gasteiger partial charge in [0.05, 0.1) is 18.8 Å². The van der Waals surface area contributed by atoms with Crippen LogP contribution in [0.2, 0.25) is 0 Å². The van der Waals surface area contributed by atoms with Crippen molar-refractivity contribution in [3.63, 3.8) is 0 Å². The van der Waals surface area contributed by atoms with E-state index in [9.17, 15) is 4.79 Å². The molecule has 0 aromatic heterocycles. The van der Waals surface area contributed by atoms with Crippen molar-refractivity contribution in [1.82, 2.24) is 0 Å². The molecule has 1 aromatic rings. The first kappa shape index (κ1) is 10.3. The zero-order valence-electron chi connectivity index (χ0n) is 10.1. The molecule has 0 amide bonds. The number of hydrogen-bond donors (Lipinski definition) is 0. The lowest BCUT2D eigenvalue weighted by Gasteiger charge is -2.08. The number of fused-ring (bicyclic) bond motifs is 8. The third-order valence-corrected chi connectivity index (χ3v) is 4.17. The number of rotatable bonds is 2. The van der Waals surface area contributed by atoms with Crippen LogP contribution < -0.4 is 0 Å². The quantitative estimate of drug-likeness (QED) is 0.590. The van der Waals surface area contributed by atoms with Gasteiger partial charge >= 0.3 is 5.97 Å². The average molecular weight is 242 g/mol. The van der Waals surface area contributed by atoms with Crippen molar-refractivity contribution < 1.29 is 14.3 Å². The summed E-state index contributed by atoms with van der Waals surface area (Å²) in [6.45, 7) is 2.26. The van der Waals surface area contributed by atoms with E-state index in [2.05, 4.69) is 24.3 Å². The monoisotopic (exact) mass is 242 g/mol. The summed E-state index contributed by atoms with van der Waals surface area (Å²) in [5, 5.41) is 0. The van der Waals surface area contributed by atoms with Gasteiger partial charge in [-0.3, -0.25) is 0 Å². The minimum absolute atomic E-state index is 0.164. The molecule has 92 valence electrons. The van der Waals surface area contributed by atoms with Crippen LogP contribution in [0.25, 0.3) is 0 Å². The van der Waals surface area contributed by atoms with Crippen LogP contribution in [-0.2, 0) is 14.3 Å². The van der Waals surface area contributed by atoms with Crippen LogP contribution in [0.5, 0.6) is 0 Å². The van der Waals surface area contributed by atoms with Crippen molar-refractivity contribution in [2.45, 2.75) is 19.1 Å². The summed E-state index contributed by atoms with van der Waals surface area (Å²) < 4.78 is 11.0. The fourth-order valence-electron chi connectivity index (χ4n) is 3.45. The molecule has 1 aliphatic carbocycles. The van der Waals surface area contributed by atoms with Gasteiger partial charge in [0.2, 0.25) is 0 Å². The zero-order chi connectivity index (χ0) is 12.3. The molecule has 0 spiro atoms. The van der Waals surface area contributed by atoms with Crippen LogP contribution >= 0.6 is 0 Å². The van der Waals surface area contributed by atoms with E-state index in [0.29, 0.717) is 18.4 Å². The second kappa shape index (κ2) is 3.45. The third kappa shape index (κ3) is 1.20. The molecule has 1 saturated carbocycles. The van der Waals surface area contributed by atoms with E-state index in [-0.39, 0.29) is 18.2 Å². The number of carbonyl (C=O) groups is 1. The minimum atomic E-state index is -0.217. The van der Waals surface area contributed by atoms with Crippen LogP contribution in [0.15, 0.2) is 35.9 Å². The smallest absolute Gasteiger partial charge is 0.330 e. The average Bonchev–Trinajstić information content (AvgIpc) is 2.82. The highest BCUT2D eigenvalue weighted by atomic mass is 16.5. The van der Waals surface area contributed by atoms with Crippen LogP contribution in [0, 0.1) is 11.8 Å². The standard InChI is InChI=1S/C15H14O3/c1-2-17-11(16)7-10-12-13(10)15-9-6-4-3-5-8(9)14(12)18-15/h3-7,12-15H,2H2,1H3/t12-,13+,14+,15-. The molecular formula is C15H14O3. The first-order chi connectivity index (χ1) is 8.81. The van der Waals surface area contributed by atoms with Crippen molar-refractivity contribution in [2.24, 2.45) is 11.8 Å². The molecule has 2 aliphatic heterocycles. The third-order valence-electron chi connectivity index (χ3n) is 4.17. The number of hydrogen-bond acceptors (Lipinski definition) is 3. The van der Waals surface area contributed by atoms with Crippen molar-refractivity contribution in [3.05, 3.63) is 47.0 Å². The summed E-state index contributed by atoms with van der Waals surface area (Å²) >= 11 is 0. The van der Waals surface area contributed by atoms with Crippen LogP contribution in [-0.4, -0.2) is 12.6 Å². The van der Waals surface area contributed by atoms with Crippen LogP contribution in [0.1, 0.15) is 30.3 Å². The van der Waals surface area contributed by atoms with Crippen LogP contribution in [0.4, 0.5) is 0 Å². The molecule has 4 atom stereocenters. The highest BCUT2D eigenvalue weighted by molar-refractivity contribution is 5.84. The molecule has 3 heteroatoms. The van der Waals surface area contributed by atoms with Gasteiger partial charge in [0.1, 0.15) is 0 Å². The predicted octanol–water partition coefficient (Wildman–Crippen LogP) is 2.55. The molecule has 4 rings (SSSR count). The maximum atomic E-state index is 11.5. The number of esters is 1. The van der Waals surface area contributed by atoms with E-state index in [1.165, 1.54) is 16.7 Å². The van der Waals surface area contributed by atoms with Crippen molar-refractivity contribution in [2.75, 3.05) is 6.61 Å². The molecule has 1 aromatic carbocycles. The Hall–Kier alpha value is -1.61. The van der Waals surface area contributed by atoms with Gasteiger partial charge in [0, 0.05) is 17.9 Å². The summed E-state index contributed by atoms with van der Waals surface area (Å²) in [5.41, 5.74) is 3.82. The summed E-state index contributed by atoms with van der Waals surface area (Å²) in [5.74, 6) is 0.606. The lowest BCUT2D eigenvalue weighted by atomic mass is 9.92. The first-order valence-corrected chi connectivity index (χ1v) is 6.43. The van der Waals surface area contributed by atoms with Gasteiger partial charge in [-0.15, -0.1) is 0 Å². The SMILES string of the molecule is CCOC(=O)C=C1[C@@H]2[C@H]1[C@@H]1O[C@H]2c2ccccc21. The Bertz CT molecular complexity index is 524. The number of ether oxygens (including phenoxy) is 2. The minimum Gasteiger partial charge on any atom is -0.463 e. The molecule has 0 unspecified atom stereocenters. The summed E-state index contributed by atoms with van der Waals surface area (Å²) in [6, 6.07) is 8.37. The summed E-state index contributed by atoms with van der Waals surface area (Å²) in [6.07, 6.45) is 2.00. The van der Waals surface area contributed by atoms with E-state index in [4.69, 9.17) is 9.47 Å². The Morgan fingerprint density at radius 2 is 1.89 bits per heavy atom. The molecule has 3 aliphatic rings. The summed E-state index contributed by atoms with van der Waals surface area (Å²) in [4.78, 5) is 11.5. The van der Waals surface area contributed by atoms with Gasteiger partial charge in [0.15, 0.2) is 0 Å². The second-order valence-corrected chi connectivity index (χ2v) is 5.05. The highest BCUT2D eigenvalue weighted by Gasteiger charge is 2.65. The second-order valence-electron chi connectivity index (χ2n) is 5.05. The van der Waals surface area contributed by atoms with Crippen molar-refractivity contribution in [3.8, 4) is 0 Å². The molecule has 2 fully saturated rings. The predicted molar refractivity (Wildman–Crippen MR) is 64.7 cm³/mol. The van der Waals surface area contributed by atoms with E-state index in [0.717, 1.165) is 0 Å². The molecule has 18 heavy (non-hydrogen) atoms. The Balaban J connectivity index is 1.64. The fraction of sp³-hybridized carbons (Fsp3) is 0.400. The van der Waals surface area contributed by atoms with Gasteiger partial charge in [-0.25, -0.2) is 4.79 Å². The van der Waals surface area contributed by atoms with Gasteiger partial charge in [-0.05, 0) is 23.6 Å². The molecule has 0 radical (unpaired) electrons. The van der Waals surface area contributed by atoms with Gasteiger partial charge in [0.25, 0.3) is 0 Å². The van der Waals surface area contributed by atoms with Crippen molar-refractivity contribution >= 4 is 5.97 Å². The number of carbonyl (C=O) groups excluding carboxylic acids is 1. The van der Waals surface area contributed by atoms with E-state index >= 15 is 0 Å². The molecule has 2 heterocycles. The normalized spacial score (nSPS) is 36.4. The van der Waals surface area contributed by atoms with Crippen molar-refractivity contribution in [1.29, 1.82) is 0 Å². The first-order valence-electron chi connectivity index (χ1n) is 6.43. The Kier molecular flexibility index (Phi) is 1.98. The largest absolute Gasteiger partial charge is 0.463 e. The molecule has 0 N–H and O–H groups in total. The highest BCUT2D eigenvalue weighted by Crippen LogP contribution is 2.72. The van der Waals surface area contributed by atoms with Gasteiger partial charge in [-0.2, -0.15) is 0 Å². The lowest BCUT2D eigenvalue weighted by Crippen LogP contribution is -2.01. The maximum Gasteiger partial charge on any atom is 0.330 e. The Morgan fingerprint density at radius 1 is 1.28 bits per heavy atom. The van der Waals surface area contributed by atoms with Gasteiger partial charge in [-0.1, -0.05) is 24.3 Å². The molecule has 1 saturated heterocycles. The van der Waals surface area contributed by atoms with Crippen LogP contribution in [0.3, 0.4) is 0 Å². The van der Waals surface area contributed by atoms with E-state index < -0.39 is 0 Å². The van der Waals surface area contributed by atoms with E-state index in [1.807, 2.05) is 6.92 Å². The summed E-state index contributed by atoms with van der Waals surface area (Å²) in [7, 11) is 0. The fourth-order valence-corrected chi connectivity index (χ4v) is 3.45. The van der Waals surface area contributed by atoms with E-state index in [1.54, 1.807) is 6.08 Å². The lowest BCUT2D eigenvalue weighted by molar-refractivity contribution is -0.137. The Morgan fingerprint density at radius 3 is 2.44 bits per heavy atom. The number of benzene rings is 1. The molecule has 2 bridgehead atoms. The zero-order valence-corrected chi connectivity index (χ0v) is 10.1. The topological polar surface area (TPSA) is 35.5 Å². The Labute approximate surface area is 105 Å². The maximum absolute atomic E-state index is 11.5. The molecular weight excluding hydrogens is 228 g/mol. The molecule has 3 nitrogen and oxygen atoms in total.